The third-order valence-corrected chi connectivity index (χ3v) is 4.59. The molecule has 0 saturated carbocycles. The molecule has 0 atom stereocenters. The number of likely N-dealkylation sites (tertiary alicyclic amines) is 1. The lowest BCUT2D eigenvalue weighted by Crippen LogP contribution is -2.35. The number of Topliss-reactive ketones (excluding diaryl/α,β-unsaturated/α-hetero) is 1. The van der Waals surface area contributed by atoms with Gasteiger partial charge in [0.15, 0.2) is 5.78 Å². The van der Waals surface area contributed by atoms with Gasteiger partial charge in [0.05, 0.1) is 6.54 Å². The maximum atomic E-state index is 12.4. The van der Waals surface area contributed by atoms with E-state index in [1.54, 1.807) is 4.90 Å². The van der Waals surface area contributed by atoms with Gasteiger partial charge in [0.1, 0.15) is 0 Å². The highest BCUT2D eigenvalue weighted by atomic mass is 16.2. The standard InChI is InChI=1S/C18H25NO2/c1-13-5-6-15(11-14(13)2)16(20)12-19-10-9-18(3,4)8-7-17(19)21/h5-6,11H,7-10,12H2,1-4H3. The van der Waals surface area contributed by atoms with Crippen LogP contribution in [0.1, 0.15) is 54.6 Å². The van der Waals surface area contributed by atoms with Gasteiger partial charge in [-0.05, 0) is 49.3 Å². The van der Waals surface area contributed by atoms with Crippen LogP contribution in [0.3, 0.4) is 0 Å². The number of rotatable bonds is 3. The molecule has 1 amide bonds. The third kappa shape index (κ3) is 3.93. The minimum absolute atomic E-state index is 0.0335. The molecule has 0 bridgehead atoms. The van der Waals surface area contributed by atoms with Crippen molar-refractivity contribution in [2.45, 2.75) is 47.0 Å². The quantitative estimate of drug-likeness (QED) is 0.798. The summed E-state index contributed by atoms with van der Waals surface area (Å²) in [4.78, 5) is 26.3. The van der Waals surface area contributed by atoms with Crippen LogP contribution in [-0.2, 0) is 4.79 Å². The SMILES string of the molecule is Cc1ccc(C(=O)CN2CCC(C)(C)CCC2=O)cc1C. The van der Waals surface area contributed by atoms with Crippen molar-refractivity contribution in [3.05, 3.63) is 34.9 Å². The number of carbonyl (C=O) groups is 2. The van der Waals surface area contributed by atoms with Gasteiger partial charge in [-0.25, -0.2) is 0 Å². The first kappa shape index (κ1) is 15.7. The molecule has 3 heteroatoms. The predicted molar refractivity (Wildman–Crippen MR) is 84.5 cm³/mol. The van der Waals surface area contributed by atoms with Gasteiger partial charge in [0.25, 0.3) is 0 Å². The Labute approximate surface area is 127 Å². The van der Waals surface area contributed by atoms with Gasteiger partial charge in [-0.15, -0.1) is 0 Å². The van der Waals surface area contributed by atoms with Crippen LogP contribution in [-0.4, -0.2) is 29.7 Å². The van der Waals surface area contributed by atoms with Crippen LogP contribution in [0.4, 0.5) is 0 Å². The van der Waals surface area contributed by atoms with Gasteiger partial charge < -0.3 is 4.90 Å². The van der Waals surface area contributed by atoms with Gasteiger partial charge >= 0.3 is 0 Å². The number of nitrogens with zero attached hydrogens (tertiary/aromatic N) is 1. The Morgan fingerprint density at radius 3 is 2.57 bits per heavy atom. The van der Waals surface area contributed by atoms with Crippen LogP contribution in [0.25, 0.3) is 0 Å². The fraction of sp³-hybridized carbons (Fsp3) is 0.556. The van der Waals surface area contributed by atoms with Crippen LogP contribution < -0.4 is 0 Å². The zero-order valence-corrected chi connectivity index (χ0v) is 13.5. The van der Waals surface area contributed by atoms with E-state index >= 15 is 0 Å². The summed E-state index contributed by atoms with van der Waals surface area (Å²) in [5.74, 6) is 0.143. The zero-order chi connectivity index (χ0) is 15.6. The highest BCUT2D eigenvalue weighted by molar-refractivity contribution is 5.99. The molecule has 2 rings (SSSR count). The maximum absolute atomic E-state index is 12.4. The van der Waals surface area contributed by atoms with Crippen molar-refractivity contribution in [3.8, 4) is 0 Å². The van der Waals surface area contributed by atoms with E-state index in [9.17, 15) is 9.59 Å². The van der Waals surface area contributed by atoms with E-state index in [0.29, 0.717) is 18.5 Å². The molecule has 1 aliphatic heterocycles. The average molecular weight is 287 g/mol. The second kappa shape index (κ2) is 6.00. The van der Waals surface area contributed by atoms with Crippen molar-refractivity contribution in [1.82, 2.24) is 4.90 Å². The van der Waals surface area contributed by atoms with E-state index in [4.69, 9.17) is 0 Å². The zero-order valence-electron chi connectivity index (χ0n) is 13.5. The van der Waals surface area contributed by atoms with Gasteiger partial charge in [-0.3, -0.25) is 9.59 Å². The van der Waals surface area contributed by atoms with Crippen molar-refractivity contribution >= 4 is 11.7 Å². The van der Waals surface area contributed by atoms with Crippen LogP contribution in [0.2, 0.25) is 0 Å². The van der Waals surface area contributed by atoms with Crippen molar-refractivity contribution < 1.29 is 9.59 Å². The Morgan fingerprint density at radius 1 is 1.19 bits per heavy atom. The summed E-state index contributed by atoms with van der Waals surface area (Å²) in [6.45, 7) is 9.30. The summed E-state index contributed by atoms with van der Waals surface area (Å²) in [6.07, 6.45) is 2.41. The molecule has 1 aromatic carbocycles. The van der Waals surface area contributed by atoms with E-state index in [-0.39, 0.29) is 23.7 Å². The number of benzene rings is 1. The van der Waals surface area contributed by atoms with Gasteiger partial charge in [0.2, 0.25) is 5.91 Å². The van der Waals surface area contributed by atoms with Crippen LogP contribution in [0.5, 0.6) is 0 Å². The van der Waals surface area contributed by atoms with Crippen molar-refractivity contribution in [2.75, 3.05) is 13.1 Å². The summed E-state index contributed by atoms with van der Waals surface area (Å²) in [5, 5.41) is 0. The van der Waals surface area contributed by atoms with Crippen LogP contribution in [0, 0.1) is 19.3 Å². The molecule has 0 unspecified atom stereocenters. The van der Waals surface area contributed by atoms with E-state index < -0.39 is 0 Å². The molecule has 1 fully saturated rings. The Balaban J connectivity index is 2.07. The monoisotopic (exact) mass is 287 g/mol. The first-order chi connectivity index (χ1) is 9.78. The van der Waals surface area contributed by atoms with Crippen molar-refractivity contribution in [1.29, 1.82) is 0 Å². The average Bonchev–Trinajstić information content (AvgIpc) is 2.55. The Morgan fingerprint density at radius 2 is 1.90 bits per heavy atom. The molecule has 21 heavy (non-hydrogen) atoms. The second-order valence-corrected chi connectivity index (χ2v) is 6.95. The highest BCUT2D eigenvalue weighted by Crippen LogP contribution is 2.30. The number of carbonyl (C=O) groups excluding carboxylic acids is 2. The molecule has 0 aromatic heterocycles. The Bertz CT molecular complexity index is 560. The minimum Gasteiger partial charge on any atom is -0.335 e. The molecular weight excluding hydrogens is 262 g/mol. The molecular formula is C18H25NO2. The van der Waals surface area contributed by atoms with Crippen molar-refractivity contribution in [3.63, 3.8) is 0 Å². The van der Waals surface area contributed by atoms with Gasteiger partial charge in [-0.1, -0.05) is 26.0 Å². The smallest absolute Gasteiger partial charge is 0.222 e. The third-order valence-electron chi connectivity index (χ3n) is 4.59. The fourth-order valence-corrected chi connectivity index (χ4v) is 2.64. The lowest BCUT2D eigenvalue weighted by atomic mass is 9.85. The predicted octanol–water partition coefficient (Wildman–Crippen LogP) is 3.52. The van der Waals surface area contributed by atoms with E-state index in [1.165, 1.54) is 5.56 Å². The molecule has 114 valence electrons. The summed E-state index contributed by atoms with van der Waals surface area (Å²) < 4.78 is 0. The lowest BCUT2D eigenvalue weighted by molar-refractivity contribution is -0.130. The van der Waals surface area contributed by atoms with Gasteiger partial charge in [-0.2, -0.15) is 0 Å². The summed E-state index contributed by atoms with van der Waals surface area (Å²) >= 11 is 0. The highest BCUT2D eigenvalue weighted by Gasteiger charge is 2.28. The first-order valence-electron chi connectivity index (χ1n) is 7.67. The molecule has 1 aromatic rings. The topological polar surface area (TPSA) is 37.4 Å². The minimum atomic E-state index is 0.0335. The molecule has 0 aliphatic carbocycles. The largest absolute Gasteiger partial charge is 0.335 e. The molecule has 0 radical (unpaired) electrons. The molecule has 1 heterocycles. The Kier molecular flexibility index (Phi) is 4.50. The van der Waals surface area contributed by atoms with Crippen molar-refractivity contribution in [2.24, 2.45) is 5.41 Å². The van der Waals surface area contributed by atoms with E-state index in [1.807, 2.05) is 32.0 Å². The van der Waals surface area contributed by atoms with Crippen LogP contribution in [0.15, 0.2) is 18.2 Å². The molecule has 0 N–H and O–H groups in total. The van der Waals surface area contributed by atoms with Crippen LogP contribution >= 0.6 is 0 Å². The maximum Gasteiger partial charge on any atom is 0.222 e. The molecule has 1 saturated heterocycles. The van der Waals surface area contributed by atoms with E-state index in [0.717, 1.165) is 18.4 Å². The summed E-state index contributed by atoms with van der Waals surface area (Å²) in [5.41, 5.74) is 3.19. The number of ketones is 1. The molecule has 3 nitrogen and oxygen atoms in total. The number of aryl methyl sites for hydroxylation is 2. The number of amides is 1. The second-order valence-electron chi connectivity index (χ2n) is 6.95. The lowest BCUT2D eigenvalue weighted by Gasteiger charge is -2.23. The number of hydrogen-bond donors (Lipinski definition) is 0. The van der Waals surface area contributed by atoms with Gasteiger partial charge in [0, 0.05) is 18.5 Å². The fourth-order valence-electron chi connectivity index (χ4n) is 2.64. The summed E-state index contributed by atoms with van der Waals surface area (Å²) in [7, 11) is 0. The molecule has 0 spiro atoms. The summed E-state index contributed by atoms with van der Waals surface area (Å²) in [6, 6.07) is 5.75. The molecule has 1 aliphatic rings. The van der Waals surface area contributed by atoms with E-state index in [2.05, 4.69) is 13.8 Å². The first-order valence-corrected chi connectivity index (χ1v) is 7.67. The normalized spacial score (nSPS) is 18.5. The number of hydrogen-bond acceptors (Lipinski definition) is 2. The Hall–Kier alpha value is -1.64.